The van der Waals surface area contributed by atoms with Gasteiger partial charge in [0, 0.05) is 28.2 Å². The van der Waals surface area contributed by atoms with E-state index in [1.807, 2.05) is 0 Å². The summed E-state index contributed by atoms with van der Waals surface area (Å²) >= 11 is 4.21. The van der Waals surface area contributed by atoms with Crippen LogP contribution in [0.2, 0.25) is 0 Å². The van der Waals surface area contributed by atoms with Gasteiger partial charge < -0.3 is 12.4 Å². The number of aromatic nitrogens is 1. The first-order chi connectivity index (χ1) is 6.77. The van der Waals surface area contributed by atoms with Crippen molar-refractivity contribution in [1.29, 1.82) is 0 Å². The van der Waals surface area contributed by atoms with Crippen molar-refractivity contribution in [2.45, 2.75) is 13.5 Å². The van der Waals surface area contributed by atoms with Crippen molar-refractivity contribution in [2.24, 2.45) is 0 Å². The fraction of sp³-hybridized carbons (Fsp3) is 0.182. The van der Waals surface area contributed by atoms with E-state index >= 15 is 0 Å². The summed E-state index contributed by atoms with van der Waals surface area (Å²) in [6.07, 6.45) is 0. The zero-order chi connectivity index (χ0) is 9.97. The van der Waals surface area contributed by atoms with Crippen LogP contribution >= 0.6 is 33.9 Å². The molecule has 0 aliphatic carbocycles. The van der Waals surface area contributed by atoms with Gasteiger partial charge in [-0.2, -0.15) is 4.57 Å². The van der Waals surface area contributed by atoms with Crippen molar-refractivity contribution < 1.29 is 17.0 Å². The molecule has 2 aromatic rings. The summed E-state index contributed by atoms with van der Waals surface area (Å²) in [6.45, 7) is 3.14. The van der Waals surface area contributed by atoms with E-state index in [1.54, 1.807) is 11.3 Å². The first kappa shape index (κ1) is 12.9. The maximum absolute atomic E-state index is 2.40. The molecule has 0 amide bonds. The van der Waals surface area contributed by atoms with Gasteiger partial charge in [-0.05, 0) is 6.92 Å². The molecule has 4 heteroatoms. The van der Waals surface area contributed by atoms with Crippen LogP contribution in [0, 0.1) is 10.6 Å². The van der Waals surface area contributed by atoms with Crippen LogP contribution in [0.15, 0.2) is 35.8 Å². The molecule has 2 rings (SSSR count). The van der Waals surface area contributed by atoms with E-state index in [2.05, 4.69) is 69.9 Å². The highest BCUT2D eigenvalue weighted by Gasteiger charge is 2.13. The number of rotatable bonds is 2. The maximum atomic E-state index is 2.40. The van der Waals surface area contributed by atoms with Crippen molar-refractivity contribution in [3.63, 3.8) is 0 Å². The Morgan fingerprint density at radius 1 is 1.27 bits per heavy atom. The molecule has 1 nitrogen and oxygen atoms in total. The first-order valence-electron chi connectivity index (χ1n) is 4.44. The Bertz CT molecular complexity index is 427. The van der Waals surface area contributed by atoms with Crippen LogP contribution in [0.25, 0.3) is 0 Å². The molecule has 0 saturated heterocycles. The van der Waals surface area contributed by atoms with Crippen molar-refractivity contribution >= 4 is 33.9 Å². The summed E-state index contributed by atoms with van der Waals surface area (Å²) in [5.74, 6) is 0. The van der Waals surface area contributed by atoms with Crippen LogP contribution in [0.4, 0.5) is 0 Å². The lowest BCUT2D eigenvalue weighted by molar-refractivity contribution is -0.696. The normalized spacial score (nSPS) is 9.73. The van der Waals surface area contributed by atoms with E-state index < -0.39 is 0 Å². The van der Waals surface area contributed by atoms with Crippen LogP contribution < -0.4 is 17.0 Å². The van der Waals surface area contributed by atoms with Crippen molar-refractivity contribution in [2.75, 3.05) is 0 Å². The molecule has 1 heterocycles. The maximum Gasteiger partial charge on any atom is 0.255 e. The molecule has 1 aromatic heterocycles. The molecule has 0 aliphatic rings. The van der Waals surface area contributed by atoms with Crippen molar-refractivity contribution in [1.82, 2.24) is 0 Å². The Morgan fingerprint density at radius 3 is 2.47 bits per heavy atom. The van der Waals surface area contributed by atoms with Gasteiger partial charge in [0.15, 0.2) is 6.54 Å². The topological polar surface area (TPSA) is 3.88 Å². The van der Waals surface area contributed by atoms with Crippen LogP contribution in [-0.4, -0.2) is 0 Å². The van der Waals surface area contributed by atoms with Crippen LogP contribution in [0.5, 0.6) is 0 Å². The van der Waals surface area contributed by atoms with Gasteiger partial charge >= 0.3 is 0 Å². The molecule has 0 atom stereocenters. The number of hydrogen-bond donors (Lipinski definition) is 0. The molecule has 0 fully saturated rings. The quantitative estimate of drug-likeness (QED) is 0.530. The second-order valence-electron chi connectivity index (χ2n) is 3.18. The Morgan fingerprint density at radius 2 is 1.93 bits per heavy atom. The average molecular weight is 352 g/mol. The van der Waals surface area contributed by atoms with E-state index in [4.69, 9.17) is 0 Å². The lowest BCUT2D eigenvalue weighted by Crippen LogP contribution is -3.00. The van der Waals surface area contributed by atoms with Gasteiger partial charge in [-0.15, -0.1) is 0 Å². The molecular formula is C11H11ClINS. The molecule has 0 spiro atoms. The molecule has 1 aromatic carbocycles. The highest BCUT2D eigenvalue weighted by molar-refractivity contribution is 14.1. The second kappa shape index (κ2) is 5.82. The van der Waals surface area contributed by atoms with Crippen LogP contribution in [0.1, 0.15) is 10.4 Å². The summed E-state index contributed by atoms with van der Waals surface area (Å²) < 4.78 is 3.63. The number of hydrogen-bond acceptors (Lipinski definition) is 1. The summed E-state index contributed by atoms with van der Waals surface area (Å²) in [5, 5.41) is 0. The molecule has 0 saturated carbocycles. The summed E-state index contributed by atoms with van der Waals surface area (Å²) in [5.41, 5.74) is 3.54. The van der Waals surface area contributed by atoms with Gasteiger partial charge in [-0.3, -0.25) is 0 Å². The lowest BCUT2D eigenvalue weighted by atomic mass is 10.2. The van der Waals surface area contributed by atoms with Crippen molar-refractivity contribution in [3.8, 4) is 0 Å². The molecule has 80 valence electrons. The van der Waals surface area contributed by atoms with E-state index in [1.165, 1.54) is 14.1 Å². The average Bonchev–Trinajstić information content (AvgIpc) is 2.52. The largest absolute Gasteiger partial charge is 1.00 e. The SMILES string of the molecule is Cc1sc[n+](Cc2ccccc2)c1I.[Cl-]. The molecule has 0 aliphatic heterocycles. The Balaban J connectivity index is 0.00000112. The Hall–Kier alpha value is -0.130. The number of aryl methyl sites for hydroxylation is 1. The lowest BCUT2D eigenvalue weighted by Gasteiger charge is -1.94. The fourth-order valence-corrected chi connectivity index (χ4v) is 2.89. The monoisotopic (exact) mass is 351 g/mol. The van der Waals surface area contributed by atoms with Crippen LogP contribution in [0.3, 0.4) is 0 Å². The van der Waals surface area contributed by atoms with E-state index in [0.717, 1.165) is 6.54 Å². The number of thiazole rings is 1. The van der Waals surface area contributed by atoms with Gasteiger partial charge in [-0.25, -0.2) is 0 Å². The molecule has 15 heavy (non-hydrogen) atoms. The highest BCUT2D eigenvalue weighted by atomic mass is 127. The Labute approximate surface area is 114 Å². The summed E-state index contributed by atoms with van der Waals surface area (Å²) in [4.78, 5) is 1.39. The van der Waals surface area contributed by atoms with E-state index in [0.29, 0.717) is 0 Å². The minimum absolute atomic E-state index is 0. The standard InChI is InChI=1S/C11H11INS.ClH/c1-9-11(12)13(8-14-9)7-10-5-3-2-4-6-10;/h2-6,8H,7H2,1H3;1H/q+1;/p-1. The third-order valence-corrected chi connectivity index (χ3v) is 4.80. The minimum atomic E-state index is 0. The minimum Gasteiger partial charge on any atom is -1.00 e. The van der Waals surface area contributed by atoms with Gasteiger partial charge in [0.25, 0.3) is 3.70 Å². The highest BCUT2D eigenvalue weighted by Crippen LogP contribution is 2.12. The van der Waals surface area contributed by atoms with Gasteiger partial charge in [0.1, 0.15) is 0 Å². The van der Waals surface area contributed by atoms with Gasteiger partial charge in [-0.1, -0.05) is 41.7 Å². The third-order valence-electron chi connectivity index (χ3n) is 2.10. The van der Waals surface area contributed by atoms with Gasteiger partial charge in [0.2, 0.25) is 5.51 Å². The number of benzene rings is 1. The smallest absolute Gasteiger partial charge is 0.255 e. The first-order valence-corrected chi connectivity index (χ1v) is 6.40. The number of nitrogens with zero attached hydrogens (tertiary/aromatic N) is 1. The Kier molecular flexibility index (Phi) is 5.02. The van der Waals surface area contributed by atoms with Crippen LogP contribution in [-0.2, 0) is 6.54 Å². The zero-order valence-corrected chi connectivity index (χ0v) is 12.0. The molecule has 0 radical (unpaired) electrons. The second-order valence-corrected chi connectivity index (χ2v) is 5.26. The van der Waals surface area contributed by atoms with E-state index in [9.17, 15) is 0 Å². The number of halogens is 2. The van der Waals surface area contributed by atoms with E-state index in [-0.39, 0.29) is 12.4 Å². The van der Waals surface area contributed by atoms with Gasteiger partial charge in [0.05, 0.1) is 4.88 Å². The summed E-state index contributed by atoms with van der Waals surface area (Å²) in [6, 6.07) is 10.5. The van der Waals surface area contributed by atoms with Crippen molar-refractivity contribution in [3.05, 3.63) is 50.0 Å². The third kappa shape index (κ3) is 3.16. The molecule has 0 unspecified atom stereocenters. The molecular weight excluding hydrogens is 341 g/mol. The predicted octanol–water partition coefficient (Wildman–Crippen LogP) is 0.000920. The fourth-order valence-electron chi connectivity index (χ4n) is 1.33. The molecule has 0 N–H and O–H groups in total. The zero-order valence-electron chi connectivity index (χ0n) is 8.28. The predicted molar refractivity (Wildman–Crippen MR) is 67.5 cm³/mol. The summed E-state index contributed by atoms with van der Waals surface area (Å²) in [7, 11) is 0. The molecule has 0 bridgehead atoms.